The normalized spacial score (nSPS) is 22.3. The summed E-state index contributed by atoms with van der Waals surface area (Å²) in [5.74, 6) is -3.19. The molecule has 2 heterocycles. The van der Waals surface area contributed by atoms with Crippen molar-refractivity contribution in [3.05, 3.63) is 35.4 Å². The molecule has 2 aliphatic rings. The SMILES string of the molecule is CCC1(C)NC(=O)N(CC(=O)ON2C(=O)c3ccccc3C2=O)C1=O. The summed E-state index contributed by atoms with van der Waals surface area (Å²) >= 11 is 0. The lowest BCUT2D eigenvalue weighted by molar-refractivity contribution is -0.170. The molecule has 1 atom stereocenters. The number of carbonyl (C=O) groups is 5. The third kappa shape index (κ3) is 2.53. The highest BCUT2D eigenvalue weighted by atomic mass is 16.7. The van der Waals surface area contributed by atoms with Crippen molar-refractivity contribution in [2.45, 2.75) is 25.8 Å². The summed E-state index contributed by atoms with van der Waals surface area (Å²) in [5.41, 5.74) is -0.852. The van der Waals surface area contributed by atoms with Gasteiger partial charge in [0.25, 0.3) is 17.7 Å². The Bertz CT molecular complexity index is 785. The topological polar surface area (TPSA) is 113 Å². The van der Waals surface area contributed by atoms with E-state index in [2.05, 4.69) is 5.32 Å². The van der Waals surface area contributed by atoms with Gasteiger partial charge in [-0.1, -0.05) is 24.1 Å². The van der Waals surface area contributed by atoms with E-state index in [9.17, 15) is 24.0 Å². The van der Waals surface area contributed by atoms with Crippen molar-refractivity contribution in [3.63, 3.8) is 0 Å². The van der Waals surface area contributed by atoms with Crippen molar-refractivity contribution in [3.8, 4) is 0 Å². The van der Waals surface area contributed by atoms with Crippen molar-refractivity contribution in [1.82, 2.24) is 15.3 Å². The Morgan fingerprint density at radius 3 is 2.16 bits per heavy atom. The molecule has 3 rings (SSSR count). The number of hydroxylamine groups is 2. The second-order valence-corrected chi connectivity index (χ2v) is 5.92. The second-order valence-electron chi connectivity index (χ2n) is 5.92. The average molecular weight is 345 g/mol. The smallest absolute Gasteiger partial charge is 0.328 e. The van der Waals surface area contributed by atoms with Crippen LogP contribution < -0.4 is 5.32 Å². The first-order chi connectivity index (χ1) is 11.8. The minimum absolute atomic E-state index is 0.119. The minimum atomic E-state index is -1.09. The van der Waals surface area contributed by atoms with Crippen molar-refractivity contribution < 1.29 is 28.8 Å². The number of fused-ring (bicyclic) bond motifs is 1. The number of amides is 5. The zero-order valence-electron chi connectivity index (χ0n) is 13.6. The molecule has 2 aliphatic heterocycles. The standard InChI is InChI=1S/C16H15N3O6/c1-3-16(2)14(23)18(15(24)17-16)8-11(20)25-19-12(21)9-6-4-5-7-10(9)13(19)22/h4-7H,3,8H2,1-2H3,(H,17,24). The maximum absolute atomic E-state index is 12.2. The van der Waals surface area contributed by atoms with Crippen molar-refractivity contribution in [2.24, 2.45) is 0 Å². The highest BCUT2D eigenvalue weighted by Crippen LogP contribution is 2.24. The number of nitrogens with one attached hydrogen (secondary N) is 1. The molecular formula is C16H15N3O6. The molecule has 0 aliphatic carbocycles. The third-order valence-electron chi connectivity index (χ3n) is 4.29. The molecule has 1 aromatic carbocycles. The number of urea groups is 1. The van der Waals surface area contributed by atoms with E-state index >= 15 is 0 Å². The van der Waals surface area contributed by atoms with Crippen LogP contribution in [0.25, 0.3) is 0 Å². The van der Waals surface area contributed by atoms with Crippen LogP contribution in [0.4, 0.5) is 4.79 Å². The van der Waals surface area contributed by atoms with Gasteiger partial charge in [-0.15, -0.1) is 0 Å². The van der Waals surface area contributed by atoms with Crippen LogP contribution in [0, 0.1) is 0 Å². The first-order valence-corrected chi connectivity index (χ1v) is 7.61. The summed E-state index contributed by atoms with van der Waals surface area (Å²) < 4.78 is 0. The van der Waals surface area contributed by atoms with Crippen molar-refractivity contribution in [1.29, 1.82) is 0 Å². The van der Waals surface area contributed by atoms with Gasteiger partial charge in [0.05, 0.1) is 11.1 Å². The second kappa shape index (κ2) is 5.69. The zero-order valence-corrected chi connectivity index (χ0v) is 13.6. The monoisotopic (exact) mass is 345 g/mol. The molecule has 1 aromatic rings. The third-order valence-corrected chi connectivity index (χ3v) is 4.29. The van der Waals surface area contributed by atoms with E-state index in [0.717, 1.165) is 0 Å². The molecule has 25 heavy (non-hydrogen) atoms. The van der Waals surface area contributed by atoms with Gasteiger partial charge in [-0.05, 0) is 25.5 Å². The molecule has 0 bridgehead atoms. The Morgan fingerprint density at radius 1 is 1.12 bits per heavy atom. The Hall–Kier alpha value is -3.23. The van der Waals surface area contributed by atoms with Crippen LogP contribution >= 0.6 is 0 Å². The summed E-state index contributed by atoms with van der Waals surface area (Å²) in [5, 5.41) is 2.83. The summed E-state index contributed by atoms with van der Waals surface area (Å²) in [6, 6.07) is 5.30. The van der Waals surface area contributed by atoms with Crippen LogP contribution in [0.5, 0.6) is 0 Å². The first-order valence-electron chi connectivity index (χ1n) is 7.61. The first kappa shape index (κ1) is 16.6. The number of rotatable bonds is 4. The molecule has 0 radical (unpaired) electrons. The zero-order chi connectivity index (χ0) is 18.4. The van der Waals surface area contributed by atoms with Gasteiger partial charge >= 0.3 is 12.0 Å². The van der Waals surface area contributed by atoms with Crippen molar-refractivity contribution in [2.75, 3.05) is 6.54 Å². The highest BCUT2D eigenvalue weighted by molar-refractivity contribution is 6.21. The van der Waals surface area contributed by atoms with Crippen LogP contribution in [-0.2, 0) is 14.4 Å². The maximum atomic E-state index is 12.2. The number of nitrogens with zero attached hydrogens (tertiary/aromatic N) is 2. The molecule has 130 valence electrons. The van der Waals surface area contributed by atoms with Gasteiger partial charge < -0.3 is 10.2 Å². The van der Waals surface area contributed by atoms with E-state index in [4.69, 9.17) is 4.84 Å². The van der Waals surface area contributed by atoms with Gasteiger partial charge in [0.15, 0.2) is 0 Å². The van der Waals surface area contributed by atoms with Crippen LogP contribution in [-0.4, -0.2) is 51.8 Å². The fraction of sp³-hybridized carbons (Fsp3) is 0.312. The lowest BCUT2D eigenvalue weighted by Crippen LogP contribution is -2.44. The Labute approximate surface area is 142 Å². The molecule has 1 saturated heterocycles. The average Bonchev–Trinajstić information content (AvgIpc) is 2.96. The van der Waals surface area contributed by atoms with Crippen LogP contribution in [0.2, 0.25) is 0 Å². The molecule has 5 amide bonds. The maximum Gasteiger partial charge on any atom is 0.353 e. The Morgan fingerprint density at radius 2 is 1.68 bits per heavy atom. The van der Waals surface area contributed by atoms with Gasteiger partial charge in [-0.3, -0.25) is 19.3 Å². The van der Waals surface area contributed by atoms with Crippen LogP contribution in [0.3, 0.4) is 0 Å². The summed E-state index contributed by atoms with van der Waals surface area (Å²) in [4.78, 5) is 65.9. The molecule has 9 nitrogen and oxygen atoms in total. The molecular weight excluding hydrogens is 330 g/mol. The Balaban J connectivity index is 1.70. The summed E-state index contributed by atoms with van der Waals surface area (Å²) in [6.07, 6.45) is 0.349. The minimum Gasteiger partial charge on any atom is -0.328 e. The number of hydrogen-bond donors (Lipinski definition) is 1. The van der Waals surface area contributed by atoms with Crippen molar-refractivity contribution >= 4 is 29.7 Å². The molecule has 0 spiro atoms. The predicted molar refractivity (Wildman–Crippen MR) is 82.0 cm³/mol. The van der Waals surface area contributed by atoms with E-state index in [0.29, 0.717) is 16.4 Å². The van der Waals surface area contributed by atoms with Crippen LogP contribution in [0.15, 0.2) is 24.3 Å². The van der Waals surface area contributed by atoms with Gasteiger partial charge in [-0.25, -0.2) is 9.59 Å². The largest absolute Gasteiger partial charge is 0.353 e. The molecule has 1 unspecified atom stereocenters. The molecule has 1 N–H and O–H groups in total. The number of imide groups is 2. The molecule has 0 saturated carbocycles. The lowest BCUT2D eigenvalue weighted by atomic mass is 9.99. The van der Waals surface area contributed by atoms with E-state index < -0.39 is 41.8 Å². The van der Waals surface area contributed by atoms with Gasteiger partial charge in [0.1, 0.15) is 12.1 Å². The summed E-state index contributed by atoms with van der Waals surface area (Å²) in [6.45, 7) is 2.56. The quantitative estimate of drug-likeness (QED) is 0.626. The van der Waals surface area contributed by atoms with E-state index in [1.165, 1.54) is 12.1 Å². The van der Waals surface area contributed by atoms with Gasteiger partial charge in [0, 0.05) is 0 Å². The summed E-state index contributed by atoms with van der Waals surface area (Å²) in [7, 11) is 0. The number of hydrogen-bond acceptors (Lipinski definition) is 6. The molecule has 9 heteroatoms. The van der Waals surface area contributed by atoms with E-state index in [1.807, 2.05) is 0 Å². The fourth-order valence-electron chi connectivity index (χ4n) is 2.64. The van der Waals surface area contributed by atoms with E-state index in [1.54, 1.807) is 26.0 Å². The molecule has 0 aromatic heterocycles. The Kier molecular flexibility index (Phi) is 3.78. The van der Waals surface area contributed by atoms with Gasteiger partial charge in [0.2, 0.25) is 0 Å². The van der Waals surface area contributed by atoms with E-state index in [-0.39, 0.29) is 11.1 Å². The highest BCUT2D eigenvalue weighted by Gasteiger charge is 2.48. The number of benzene rings is 1. The number of carbonyl (C=O) groups excluding carboxylic acids is 5. The molecule has 1 fully saturated rings. The van der Waals surface area contributed by atoms with Gasteiger partial charge in [-0.2, -0.15) is 0 Å². The lowest BCUT2D eigenvalue weighted by Gasteiger charge is -2.19. The van der Waals surface area contributed by atoms with Crippen LogP contribution in [0.1, 0.15) is 41.0 Å². The predicted octanol–water partition coefficient (Wildman–Crippen LogP) is 0.461. The fourth-order valence-corrected chi connectivity index (χ4v) is 2.64.